The normalized spacial score (nSPS) is 15.0. The van der Waals surface area contributed by atoms with Crippen molar-refractivity contribution in [3.05, 3.63) is 79.9 Å². The van der Waals surface area contributed by atoms with Gasteiger partial charge in [0.25, 0.3) is 12.2 Å². The van der Waals surface area contributed by atoms with Gasteiger partial charge in [-0.15, -0.1) is 0 Å². The van der Waals surface area contributed by atoms with Crippen LogP contribution >= 0.6 is 22.9 Å². The average molecular weight is 586 g/mol. The second-order valence-electron chi connectivity index (χ2n) is 10.3. The number of amides is 3. The van der Waals surface area contributed by atoms with E-state index in [1.165, 1.54) is 12.5 Å². The van der Waals surface area contributed by atoms with E-state index >= 15 is 0 Å². The Balaban J connectivity index is 1.28. The number of aromatic nitrogens is 3. The second kappa shape index (κ2) is 13.9. The quantitative estimate of drug-likeness (QED) is 0.212. The SMILES string of the molecule is Cc1cc(Cl)nc(C)c1C(=O)NCC[C@@H](C)N1CCC(N(Cc2ccsc2)C(=O)NCc2cnc[n+]([O-])c2)CC1. The highest BCUT2D eigenvalue weighted by Crippen LogP contribution is 2.23. The van der Waals surface area contributed by atoms with Crippen LogP contribution in [0.2, 0.25) is 5.15 Å². The molecular weight excluding hydrogens is 550 g/mol. The molecule has 40 heavy (non-hydrogen) atoms. The molecule has 0 aromatic carbocycles. The van der Waals surface area contributed by atoms with E-state index in [0.29, 0.717) is 39.8 Å². The highest BCUT2D eigenvalue weighted by Gasteiger charge is 2.30. The van der Waals surface area contributed by atoms with E-state index in [9.17, 15) is 14.8 Å². The lowest BCUT2D eigenvalue weighted by Gasteiger charge is -2.40. The third kappa shape index (κ3) is 7.89. The summed E-state index contributed by atoms with van der Waals surface area (Å²) in [6.45, 7) is 8.91. The summed E-state index contributed by atoms with van der Waals surface area (Å²) in [6.07, 6.45) is 6.70. The van der Waals surface area contributed by atoms with Gasteiger partial charge >= 0.3 is 6.03 Å². The summed E-state index contributed by atoms with van der Waals surface area (Å²) in [4.78, 5) is 38.5. The number of likely N-dealkylation sites (tertiary alicyclic amines) is 1. The first kappa shape index (κ1) is 29.7. The molecule has 0 saturated carbocycles. The van der Waals surface area contributed by atoms with Crippen LogP contribution < -0.4 is 15.4 Å². The van der Waals surface area contributed by atoms with Crippen LogP contribution in [-0.2, 0) is 13.1 Å². The van der Waals surface area contributed by atoms with Crippen LogP contribution in [0.25, 0.3) is 0 Å². The molecule has 0 radical (unpaired) electrons. The number of nitrogens with zero attached hydrogens (tertiary/aromatic N) is 5. The first-order chi connectivity index (χ1) is 19.2. The summed E-state index contributed by atoms with van der Waals surface area (Å²) in [5.41, 5.74) is 3.78. The first-order valence-corrected chi connectivity index (χ1v) is 14.8. The lowest BCUT2D eigenvalue weighted by molar-refractivity contribution is -0.609. The maximum absolute atomic E-state index is 13.3. The Morgan fingerprint density at radius 3 is 2.73 bits per heavy atom. The number of thiophene rings is 1. The molecule has 1 saturated heterocycles. The Morgan fingerprint density at radius 1 is 1.27 bits per heavy atom. The van der Waals surface area contributed by atoms with Crippen molar-refractivity contribution < 1.29 is 14.3 Å². The van der Waals surface area contributed by atoms with Gasteiger partial charge in [-0.1, -0.05) is 16.6 Å². The topological polar surface area (TPSA) is 117 Å². The fourth-order valence-corrected chi connectivity index (χ4v) is 6.12. The van der Waals surface area contributed by atoms with Gasteiger partial charge < -0.3 is 25.6 Å². The van der Waals surface area contributed by atoms with Gasteiger partial charge in [0.05, 0.1) is 23.4 Å². The molecule has 214 valence electrons. The number of aryl methyl sites for hydroxylation is 2. The molecule has 0 unspecified atom stereocenters. The fraction of sp³-hybridized carbons (Fsp3) is 0.464. The van der Waals surface area contributed by atoms with Crippen molar-refractivity contribution in [1.29, 1.82) is 0 Å². The van der Waals surface area contributed by atoms with Crippen LogP contribution in [0.15, 0.2) is 41.6 Å². The molecule has 3 aromatic heterocycles. The highest BCUT2D eigenvalue weighted by atomic mass is 35.5. The van der Waals surface area contributed by atoms with Crippen molar-refractivity contribution >= 4 is 34.9 Å². The molecule has 12 heteroatoms. The Kier molecular flexibility index (Phi) is 10.3. The molecule has 0 aliphatic carbocycles. The zero-order valence-electron chi connectivity index (χ0n) is 23.1. The summed E-state index contributed by atoms with van der Waals surface area (Å²) >= 11 is 7.62. The van der Waals surface area contributed by atoms with E-state index in [0.717, 1.165) is 43.5 Å². The van der Waals surface area contributed by atoms with Crippen molar-refractivity contribution in [3.8, 4) is 0 Å². The lowest BCUT2D eigenvalue weighted by Crippen LogP contribution is -2.51. The van der Waals surface area contributed by atoms with E-state index in [1.807, 2.05) is 23.3 Å². The molecule has 0 bridgehead atoms. The molecular formula is C28H36ClN7O3S. The van der Waals surface area contributed by atoms with Crippen LogP contribution in [0, 0.1) is 19.1 Å². The smallest absolute Gasteiger partial charge is 0.318 e. The van der Waals surface area contributed by atoms with Crippen LogP contribution in [-0.4, -0.2) is 63.4 Å². The molecule has 4 rings (SSSR count). The molecule has 10 nitrogen and oxygen atoms in total. The highest BCUT2D eigenvalue weighted by molar-refractivity contribution is 7.07. The van der Waals surface area contributed by atoms with E-state index < -0.39 is 0 Å². The predicted octanol–water partition coefficient (Wildman–Crippen LogP) is 3.83. The number of piperidine rings is 1. The van der Waals surface area contributed by atoms with Gasteiger partial charge in [0.15, 0.2) is 0 Å². The van der Waals surface area contributed by atoms with Crippen molar-refractivity contribution in [2.45, 2.75) is 65.2 Å². The van der Waals surface area contributed by atoms with Gasteiger partial charge in [-0.05, 0) is 74.1 Å². The number of nitrogens with one attached hydrogen (secondary N) is 2. The van der Waals surface area contributed by atoms with Gasteiger partial charge in [-0.2, -0.15) is 11.3 Å². The van der Waals surface area contributed by atoms with E-state index in [1.54, 1.807) is 30.5 Å². The fourth-order valence-electron chi connectivity index (χ4n) is 5.17. The zero-order chi connectivity index (χ0) is 28.6. The minimum Gasteiger partial charge on any atom is -0.711 e. The average Bonchev–Trinajstić information content (AvgIpc) is 3.43. The molecule has 0 spiro atoms. The van der Waals surface area contributed by atoms with Crippen LogP contribution in [0.5, 0.6) is 0 Å². The van der Waals surface area contributed by atoms with E-state index in [2.05, 4.69) is 37.8 Å². The predicted molar refractivity (Wildman–Crippen MR) is 155 cm³/mol. The molecule has 1 atom stereocenters. The number of hydrogen-bond donors (Lipinski definition) is 2. The third-order valence-corrected chi connectivity index (χ3v) is 8.28. The summed E-state index contributed by atoms with van der Waals surface area (Å²) in [5.74, 6) is -0.128. The van der Waals surface area contributed by atoms with Crippen molar-refractivity contribution in [1.82, 2.24) is 30.4 Å². The van der Waals surface area contributed by atoms with Crippen LogP contribution in [0.1, 0.15) is 58.9 Å². The number of rotatable bonds is 10. The maximum atomic E-state index is 13.3. The lowest BCUT2D eigenvalue weighted by atomic mass is 10.0. The van der Waals surface area contributed by atoms with E-state index in [-0.39, 0.29) is 30.6 Å². The maximum Gasteiger partial charge on any atom is 0.318 e. The number of urea groups is 1. The van der Waals surface area contributed by atoms with Gasteiger partial charge in [0, 0.05) is 38.3 Å². The molecule has 4 heterocycles. The molecule has 2 N–H and O–H groups in total. The van der Waals surface area contributed by atoms with Crippen molar-refractivity contribution in [3.63, 3.8) is 0 Å². The van der Waals surface area contributed by atoms with Crippen LogP contribution in [0.3, 0.4) is 0 Å². The largest absolute Gasteiger partial charge is 0.711 e. The van der Waals surface area contributed by atoms with Gasteiger partial charge in [-0.25, -0.2) is 14.5 Å². The van der Waals surface area contributed by atoms with Crippen LogP contribution in [0.4, 0.5) is 4.79 Å². The molecule has 3 aromatic rings. The third-order valence-electron chi connectivity index (χ3n) is 7.36. The Morgan fingerprint density at radius 2 is 2.05 bits per heavy atom. The monoisotopic (exact) mass is 585 g/mol. The number of pyridine rings is 1. The Hall–Kier alpha value is -3.28. The second-order valence-corrected chi connectivity index (χ2v) is 11.4. The Labute approximate surface area is 244 Å². The summed E-state index contributed by atoms with van der Waals surface area (Å²) < 4.78 is 0.629. The molecule has 1 aliphatic rings. The Bertz CT molecular complexity index is 1280. The summed E-state index contributed by atoms with van der Waals surface area (Å²) in [6, 6.07) is 3.99. The molecule has 3 amide bonds. The molecule has 1 aliphatic heterocycles. The van der Waals surface area contributed by atoms with Gasteiger partial charge in [-0.3, -0.25) is 4.79 Å². The van der Waals surface area contributed by atoms with E-state index in [4.69, 9.17) is 11.6 Å². The summed E-state index contributed by atoms with van der Waals surface area (Å²) in [7, 11) is 0. The number of halogens is 1. The minimum atomic E-state index is -0.149. The standard InChI is InChI=1S/C28H36ClN7O3S/c1-19-12-25(29)33-21(3)26(19)27(37)31-8-4-20(2)34-9-5-24(6-10-34)36(16-22-7-11-40-17-22)28(38)32-14-23-13-30-18-35(39)15-23/h7,11-13,15,17-18,20,24H,4-6,8-10,14,16H2,1-3H3,(H,31,37)(H,32,38)/t20-/m1/s1. The number of hydrogen-bond acceptors (Lipinski definition) is 7. The van der Waals surface area contributed by atoms with Gasteiger partial charge in [0.1, 0.15) is 17.5 Å². The number of carbonyl (C=O) groups is 2. The first-order valence-electron chi connectivity index (χ1n) is 13.5. The van der Waals surface area contributed by atoms with Crippen molar-refractivity contribution in [2.75, 3.05) is 19.6 Å². The van der Waals surface area contributed by atoms with Gasteiger partial charge in [0.2, 0.25) is 0 Å². The number of carbonyl (C=O) groups excluding carboxylic acids is 2. The summed E-state index contributed by atoms with van der Waals surface area (Å²) in [5, 5.41) is 22.0. The zero-order valence-corrected chi connectivity index (χ0v) is 24.7. The minimum absolute atomic E-state index is 0.102. The van der Waals surface area contributed by atoms with Crippen molar-refractivity contribution in [2.24, 2.45) is 0 Å². The molecule has 1 fully saturated rings.